The highest BCUT2D eigenvalue weighted by atomic mass is 16.5. The van der Waals surface area contributed by atoms with Crippen molar-refractivity contribution in [1.82, 2.24) is 9.47 Å². The molecule has 7 nitrogen and oxygen atoms in total. The number of aromatic nitrogens is 1. The Morgan fingerprint density at radius 3 is 2.44 bits per heavy atom. The molecule has 0 bridgehead atoms. The second-order valence-electron chi connectivity index (χ2n) is 9.81. The fourth-order valence-corrected chi connectivity index (χ4v) is 5.14. The fourth-order valence-electron chi connectivity index (χ4n) is 5.14. The first-order chi connectivity index (χ1) is 19.0. The molecule has 200 valence electrons. The van der Waals surface area contributed by atoms with E-state index in [9.17, 15) is 9.59 Å². The average Bonchev–Trinajstić information content (AvgIpc) is 3.45. The third kappa shape index (κ3) is 5.39. The van der Waals surface area contributed by atoms with Crippen LogP contribution in [0.5, 0.6) is 5.75 Å². The predicted octanol–water partition coefficient (Wildman–Crippen LogP) is 6.56. The van der Waals surface area contributed by atoms with Gasteiger partial charge in [0.15, 0.2) is 0 Å². The lowest BCUT2D eigenvalue weighted by molar-refractivity contribution is -0.119. The lowest BCUT2D eigenvalue weighted by Gasteiger charge is -2.39. The minimum Gasteiger partial charge on any atom is -0.497 e. The standard InChI is InChI=1S/C32H34N4O3/c1-4-5-19-34(32(38)33-25-15-17-26(39-3)18-16-25)22-30(37)36-28-13-7-6-12-27(28)35-20-9-14-29(35)31(36)24-11-8-10-23(2)21-24/h6-18,20-21,31H,4-5,19,22H2,1-3H3,(H,33,38). The first-order valence-electron chi connectivity index (χ1n) is 13.4. The van der Waals surface area contributed by atoms with Crippen LogP contribution < -0.4 is 15.0 Å². The van der Waals surface area contributed by atoms with Gasteiger partial charge in [-0.05, 0) is 67.4 Å². The average molecular weight is 523 g/mol. The number of urea groups is 1. The monoisotopic (exact) mass is 522 g/mol. The summed E-state index contributed by atoms with van der Waals surface area (Å²) in [5, 5.41) is 2.95. The van der Waals surface area contributed by atoms with Crippen molar-refractivity contribution in [2.45, 2.75) is 32.7 Å². The Labute approximate surface area is 229 Å². The van der Waals surface area contributed by atoms with Gasteiger partial charge in [0.2, 0.25) is 5.91 Å². The number of hydrogen-bond acceptors (Lipinski definition) is 3. The number of rotatable bonds is 8. The fraction of sp³-hybridized carbons (Fsp3) is 0.250. The van der Waals surface area contributed by atoms with Gasteiger partial charge in [0, 0.05) is 18.4 Å². The molecule has 39 heavy (non-hydrogen) atoms. The Morgan fingerprint density at radius 1 is 0.949 bits per heavy atom. The smallest absolute Gasteiger partial charge is 0.322 e. The first-order valence-corrected chi connectivity index (χ1v) is 13.4. The van der Waals surface area contributed by atoms with Crippen molar-refractivity contribution in [1.29, 1.82) is 0 Å². The molecule has 3 amide bonds. The molecule has 0 saturated heterocycles. The van der Waals surface area contributed by atoms with Crippen molar-refractivity contribution in [3.8, 4) is 11.4 Å². The molecule has 1 atom stereocenters. The molecule has 0 aliphatic carbocycles. The Morgan fingerprint density at radius 2 is 1.72 bits per heavy atom. The maximum absolute atomic E-state index is 14.3. The summed E-state index contributed by atoms with van der Waals surface area (Å²) in [4.78, 5) is 31.1. The van der Waals surface area contributed by atoms with E-state index >= 15 is 0 Å². The SMILES string of the molecule is CCCCN(CC(=O)N1c2ccccc2-n2cccc2C1c1cccc(C)c1)C(=O)Nc1ccc(OC)cc1. The quantitative estimate of drug-likeness (QED) is 0.285. The van der Waals surface area contributed by atoms with Gasteiger partial charge in [0.1, 0.15) is 18.3 Å². The van der Waals surface area contributed by atoms with Gasteiger partial charge in [0.05, 0.1) is 24.2 Å². The summed E-state index contributed by atoms with van der Waals surface area (Å²) in [5.41, 5.74) is 5.58. The van der Waals surface area contributed by atoms with Crippen molar-refractivity contribution in [2.24, 2.45) is 0 Å². The van der Waals surface area contributed by atoms with E-state index < -0.39 is 0 Å². The Kier molecular flexibility index (Phi) is 7.68. The van der Waals surface area contributed by atoms with Crippen molar-refractivity contribution < 1.29 is 14.3 Å². The van der Waals surface area contributed by atoms with Gasteiger partial charge in [-0.1, -0.05) is 55.3 Å². The largest absolute Gasteiger partial charge is 0.497 e. The number of anilines is 2. The number of benzene rings is 3. The third-order valence-electron chi connectivity index (χ3n) is 7.08. The number of amides is 3. The van der Waals surface area contributed by atoms with Gasteiger partial charge in [-0.3, -0.25) is 9.69 Å². The van der Waals surface area contributed by atoms with E-state index in [1.807, 2.05) is 47.5 Å². The van der Waals surface area contributed by atoms with Crippen LogP contribution in [0.25, 0.3) is 5.69 Å². The molecular weight excluding hydrogens is 488 g/mol. The van der Waals surface area contributed by atoms with Gasteiger partial charge in [-0.2, -0.15) is 0 Å². The third-order valence-corrected chi connectivity index (χ3v) is 7.08. The molecule has 1 aromatic heterocycles. The van der Waals surface area contributed by atoms with E-state index in [-0.39, 0.29) is 24.5 Å². The summed E-state index contributed by atoms with van der Waals surface area (Å²) in [6.07, 6.45) is 3.74. The van der Waals surface area contributed by atoms with E-state index in [4.69, 9.17) is 4.74 Å². The number of methoxy groups -OCH3 is 1. The van der Waals surface area contributed by atoms with Crippen molar-refractivity contribution in [3.05, 3.63) is 108 Å². The molecule has 0 radical (unpaired) electrons. The molecule has 5 rings (SSSR count). The zero-order valence-corrected chi connectivity index (χ0v) is 22.6. The van der Waals surface area contributed by atoms with Crippen LogP contribution in [-0.4, -0.2) is 41.6 Å². The number of para-hydroxylation sites is 2. The molecular formula is C32H34N4O3. The van der Waals surface area contributed by atoms with Crippen molar-refractivity contribution >= 4 is 23.3 Å². The highest BCUT2D eigenvalue weighted by Gasteiger charge is 2.37. The highest BCUT2D eigenvalue weighted by molar-refractivity contribution is 6.01. The van der Waals surface area contributed by atoms with Crippen LogP contribution in [0.1, 0.15) is 42.6 Å². The lowest BCUT2D eigenvalue weighted by atomic mass is 9.96. The van der Waals surface area contributed by atoms with E-state index in [2.05, 4.69) is 48.0 Å². The molecule has 0 saturated carbocycles. The highest BCUT2D eigenvalue weighted by Crippen LogP contribution is 2.42. The summed E-state index contributed by atoms with van der Waals surface area (Å²) in [7, 11) is 1.60. The maximum atomic E-state index is 14.3. The van der Waals surface area contributed by atoms with Crippen LogP contribution in [0.15, 0.2) is 91.1 Å². The number of unbranched alkanes of at least 4 members (excludes halogenated alkanes) is 1. The summed E-state index contributed by atoms with van der Waals surface area (Å²) >= 11 is 0. The molecule has 2 heterocycles. The Bertz CT molecular complexity index is 1460. The van der Waals surface area contributed by atoms with E-state index in [1.165, 1.54) is 0 Å². The second kappa shape index (κ2) is 11.5. The minimum atomic E-state index is -0.319. The number of hydrogen-bond donors (Lipinski definition) is 1. The Hall–Kier alpha value is -4.52. The number of carbonyl (C=O) groups is 2. The summed E-state index contributed by atoms with van der Waals surface area (Å²) in [5.74, 6) is 0.573. The summed E-state index contributed by atoms with van der Waals surface area (Å²) < 4.78 is 7.37. The molecule has 1 N–H and O–H groups in total. The normalized spacial score (nSPS) is 13.8. The van der Waals surface area contributed by atoms with E-state index in [0.717, 1.165) is 41.0 Å². The van der Waals surface area contributed by atoms with Crippen LogP contribution in [0.3, 0.4) is 0 Å². The van der Waals surface area contributed by atoms with E-state index in [0.29, 0.717) is 18.0 Å². The van der Waals surface area contributed by atoms with Gasteiger partial charge in [-0.25, -0.2) is 4.79 Å². The molecule has 4 aromatic rings. The second-order valence-corrected chi connectivity index (χ2v) is 9.81. The molecule has 0 fully saturated rings. The maximum Gasteiger partial charge on any atom is 0.322 e. The topological polar surface area (TPSA) is 66.8 Å². The summed E-state index contributed by atoms with van der Waals surface area (Å²) in [6.45, 7) is 4.57. The Balaban J connectivity index is 1.48. The minimum absolute atomic E-state index is 0.0423. The van der Waals surface area contributed by atoms with Crippen molar-refractivity contribution in [2.75, 3.05) is 30.4 Å². The van der Waals surface area contributed by atoms with Crippen molar-refractivity contribution in [3.63, 3.8) is 0 Å². The number of nitrogens with zero attached hydrogens (tertiary/aromatic N) is 3. The van der Waals surface area contributed by atoms with Crippen LogP contribution in [0.4, 0.5) is 16.2 Å². The van der Waals surface area contributed by atoms with Crippen LogP contribution >= 0.6 is 0 Å². The number of carbonyl (C=O) groups excluding carboxylic acids is 2. The van der Waals surface area contributed by atoms with Crippen LogP contribution in [-0.2, 0) is 4.79 Å². The van der Waals surface area contributed by atoms with Gasteiger partial charge in [0.25, 0.3) is 0 Å². The number of aryl methyl sites for hydroxylation is 1. The molecule has 1 unspecified atom stereocenters. The number of nitrogens with one attached hydrogen (secondary N) is 1. The summed E-state index contributed by atoms with van der Waals surface area (Å²) in [6, 6.07) is 26.8. The number of ether oxygens (including phenoxy) is 1. The van der Waals surface area contributed by atoms with Gasteiger partial charge in [-0.15, -0.1) is 0 Å². The molecule has 7 heteroatoms. The van der Waals surface area contributed by atoms with Gasteiger partial charge >= 0.3 is 6.03 Å². The molecule has 1 aliphatic rings. The zero-order valence-electron chi connectivity index (χ0n) is 22.6. The van der Waals surface area contributed by atoms with E-state index in [1.54, 1.807) is 36.3 Å². The number of fused-ring (bicyclic) bond motifs is 3. The molecule has 1 aliphatic heterocycles. The zero-order chi connectivity index (χ0) is 27.4. The van der Waals surface area contributed by atoms with Crippen LogP contribution in [0.2, 0.25) is 0 Å². The molecule has 3 aromatic carbocycles. The first kappa shape index (κ1) is 26.1. The lowest BCUT2D eigenvalue weighted by Crippen LogP contribution is -2.48. The predicted molar refractivity (Wildman–Crippen MR) is 155 cm³/mol. The van der Waals surface area contributed by atoms with Gasteiger partial charge < -0.3 is 19.5 Å². The van der Waals surface area contributed by atoms with Crippen LogP contribution in [0, 0.1) is 6.92 Å². The molecule has 0 spiro atoms.